The van der Waals surface area contributed by atoms with Crippen LogP contribution in [0.15, 0.2) is 114 Å². The maximum Gasteiger partial charge on any atom is 0.270 e. The fraction of sp³-hybridized carbons (Fsp3) is 0.0345. The minimum atomic E-state index is -0.543. The summed E-state index contributed by atoms with van der Waals surface area (Å²) >= 11 is 6.88. The highest BCUT2D eigenvalue weighted by molar-refractivity contribution is 7.98. The van der Waals surface area contributed by atoms with Gasteiger partial charge in [-0.3, -0.25) is 19.8 Å². The molecule has 0 atom stereocenters. The maximum absolute atomic E-state index is 13.5. The molecule has 0 spiro atoms. The van der Waals surface area contributed by atoms with Gasteiger partial charge in [0.2, 0.25) is 0 Å². The van der Waals surface area contributed by atoms with Gasteiger partial charge in [0.1, 0.15) is 22.1 Å². The van der Waals surface area contributed by atoms with Crippen molar-refractivity contribution in [2.75, 3.05) is 4.90 Å². The van der Waals surface area contributed by atoms with Crippen molar-refractivity contribution in [3.8, 4) is 11.5 Å². The largest absolute Gasteiger partial charge is 0.457 e. The molecule has 1 N–H and O–H groups in total. The smallest absolute Gasteiger partial charge is 0.270 e. The Kier molecular flexibility index (Phi) is 7.39. The van der Waals surface area contributed by atoms with Crippen molar-refractivity contribution < 1.29 is 14.3 Å². The number of rotatable bonds is 7. The van der Waals surface area contributed by atoms with E-state index in [-0.39, 0.29) is 10.7 Å². The van der Waals surface area contributed by atoms with Gasteiger partial charge in [-0.15, -0.1) is 11.8 Å². The lowest BCUT2D eigenvalue weighted by molar-refractivity contribution is -0.122. The number of carbonyl (C=O) groups excluding carboxylic acids is 2. The number of hydrogen-bond acceptors (Lipinski definition) is 6. The van der Waals surface area contributed by atoms with E-state index >= 15 is 0 Å². The van der Waals surface area contributed by atoms with E-state index in [9.17, 15) is 9.59 Å². The van der Waals surface area contributed by atoms with Gasteiger partial charge < -0.3 is 4.74 Å². The Morgan fingerprint density at radius 1 is 0.865 bits per heavy atom. The molecule has 0 radical (unpaired) electrons. The van der Waals surface area contributed by atoms with Crippen LogP contribution < -0.4 is 15.0 Å². The molecule has 2 heterocycles. The van der Waals surface area contributed by atoms with E-state index in [0.29, 0.717) is 28.5 Å². The number of thiocarbonyl (C=S) groups is 1. The van der Waals surface area contributed by atoms with Gasteiger partial charge in [0.05, 0.1) is 5.69 Å². The average molecular weight is 524 g/mol. The molecular formula is C29H21N3O3S2. The highest BCUT2D eigenvalue weighted by Gasteiger charge is 2.34. The zero-order valence-corrected chi connectivity index (χ0v) is 21.2. The Labute approximate surface area is 224 Å². The summed E-state index contributed by atoms with van der Waals surface area (Å²) in [5, 5.41) is 3.38. The van der Waals surface area contributed by atoms with E-state index in [2.05, 4.69) is 10.3 Å². The molecular weight excluding hydrogens is 502 g/mol. The van der Waals surface area contributed by atoms with Crippen LogP contribution in [-0.4, -0.2) is 21.9 Å². The molecule has 3 aromatic carbocycles. The third-order valence-corrected chi connectivity index (χ3v) is 6.87. The summed E-state index contributed by atoms with van der Waals surface area (Å²) in [6.45, 7) is 0. The third kappa shape index (κ3) is 5.77. The first-order chi connectivity index (χ1) is 18.1. The van der Waals surface area contributed by atoms with E-state index in [0.717, 1.165) is 10.6 Å². The minimum Gasteiger partial charge on any atom is -0.457 e. The lowest BCUT2D eigenvalue weighted by atomic mass is 10.1. The fourth-order valence-electron chi connectivity index (χ4n) is 3.69. The average Bonchev–Trinajstić information content (AvgIpc) is 2.92. The zero-order valence-electron chi connectivity index (χ0n) is 19.5. The van der Waals surface area contributed by atoms with Gasteiger partial charge in [-0.05, 0) is 66.3 Å². The monoisotopic (exact) mass is 523 g/mol. The Bertz CT molecular complexity index is 1470. The van der Waals surface area contributed by atoms with Gasteiger partial charge in [-0.1, -0.05) is 54.6 Å². The van der Waals surface area contributed by atoms with Crippen LogP contribution in [0.1, 0.15) is 11.1 Å². The van der Waals surface area contributed by atoms with Crippen molar-refractivity contribution in [1.29, 1.82) is 0 Å². The molecule has 1 aromatic heterocycles. The number of aromatic nitrogens is 1. The second kappa shape index (κ2) is 11.2. The van der Waals surface area contributed by atoms with Gasteiger partial charge in [0.15, 0.2) is 5.11 Å². The number of benzene rings is 3. The third-order valence-electron chi connectivity index (χ3n) is 5.49. The SMILES string of the molecule is O=C1NC(=S)N(c2ccc(Oc3ccccc3)cc2)C(=O)C1=Cc1cccnc1SCc1ccccc1. The van der Waals surface area contributed by atoms with E-state index in [1.807, 2.05) is 66.7 Å². The molecule has 5 rings (SSSR count). The molecule has 1 fully saturated rings. The molecule has 6 nitrogen and oxygen atoms in total. The number of nitrogens with one attached hydrogen (secondary N) is 1. The normalized spacial score (nSPS) is 14.5. The second-order valence-corrected chi connectivity index (χ2v) is 9.39. The van der Waals surface area contributed by atoms with Crippen LogP contribution >= 0.6 is 24.0 Å². The van der Waals surface area contributed by atoms with Crippen LogP contribution in [0.3, 0.4) is 0 Å². The van der Waals surface area contributed by atoms with Crippen molar-refractivity contribution in [2.24, 2.45) is 0 Å². The van der Waals surface area contributed by atoms with Crippen LogP contribution in [0.2, 0.25) is 0 Å². The topological polar surface area (TPSA) is 71.5 Å². The number of hydrogen-bond donors (Lipinski definition) is 1. The summed E-state index contributed by atoms with van der Waals surface area (Å²) in [6.07, 6.45) is 3.26. The predicted molar refractivity (Wildman–Crippen MR) is 149 cm³/mol. The standard InChI is InChI=1S/C29H21N3O3S2/c33-26-25(18-21-10-7-17-30-27(21)37-19-20-8-3-1-4-9-20)28(34)32(29(36)31-26)22-13-15-24(16-14-22)35-23-11-5-2-6-12-23/h1-18H,19H2,(H,31,33,36). The molecule has 0 unspecified atom stereocenters. The number of amides is 2. The van der Waals surface area contributed by atoms with Crippen molar-refractivity contribution >= 4 is 52.7 Å². The molecule has 8 heteroatoms. The number of anilines is 1. The van der Waals surface area contributed by atoms with Crippen LogP contribution in [0.4, 0.5) is 5.69 Å². The summed E-state index contributed by atoms with van der Waals surface area (Å²) in [5.74, 6) is 0.976. The number of thioether (sulfide) groups is 1. The molecule has 0 aliphatic carbocycles. The number of para-hydroxylation sites is 1. The molecule has 37 heavy (non-hydrogen) atoms. The minimum absolute atomic E-state index is 0.0206. The van der Waals surface area contributed by atoms with Crippen LogP contribution in [0.25, 0.3) is 6.08 Å². The molecule has 1 aliphatic rings. The molecule has 2 amide bonds. The van der Waals surface area contributed by atoms with Gasteiger partial charge in [0, 0.05) is 17.5 Å². The molecule has 4 aromatic rings. The van der Waals surface area contributed by atoms with E-state index in [1.165, 1.54) is 16.7 Å². The highest BCUT2D eigenvalue weighted by Crippen LogP contribution is 2.29. The van der Waals surface area contributed by atoms with E-state index < -0.39 is 11.8 Å². The number of ether oxygens (including phenoxy) is 1. The van der Waals surface area contributed by atoms with E-state index in [1.54, 1.807) is 42.6 Å². The summed E-state index contributed by atoms with van der Waals surface area (Å²) in [6, 6.07) is 30.0. The molecule has 1 aliphatic heterocycles. The molecule has 0 bridgehead atoms. The predicted octanol–water partition coefficient (Wildman–Crippen LogP) is 6.00. The second-order valence-electron chi connectivity index (χ2n) is 8.04. The molecule has 182 valence electrons. The summed E-state index contributed by atoms with van der Waals surface area (Å²) < 4.78 is 5.83. The molecule has 0 saturated carbocycles. The van der Waals surface area contributed by atoms with E-state index in [4.69, 9.17) is 17.0 Å². The van der Waals surface area contributed by atoms with Crippen LogP contribution in [-0.2, 0) is 15.3 Å². The van der Waals surface area contributed by atoms with Gasteiger partial charge in [0.25, 0.3) is 11.8 Å². The fourth-order valence-corrected chi connectivity index (χ4v) is 4.90. The van der Waals surface area contributed by atoms with Gasteiger partial charge in [-0.2, -0.15) is 0 Å². The van der Waals surface area contributed by atoms with Gasteiger partial charge in [-0.25, -0.2) is 4.98 Å². The van der Waals surface area contributed by atoms with Crippen molar-refractivity contribution in [2.45, 2.75) is 10.8 Å². The van der Waals surface area contributed by atoms with Gasteiger partial charge >= 0.3 is 0 Å². The first-order valence-corrected chi connectivity index (χ1v) is 12.8. The first-order valence-electron chi connectivity index (χ1n) is 11.4. The van der Waals surface area contributed by atoms with Crippen molar-refractivity contribution in [1.82, 2.24) is 10.3 Å². The Morgan fingerprint density at radius 3 is 2.27 bits per heavy atom. The lowest BCUT2D eigenvalue weighted by Gasteiger charge is -2.29. The Balaban J connectivity index is 1.38. The highest BCUT2D eigenvalue weighted by atomic mass is 32.2. The number of pyridine rings is 1. The quantitative estimate of drug-likeness (QED) is 0.139. The molecule has 1 saturated heterocycles. The number of nitrogens with zero attached hydrogens (tertiary/aromatic N) is 2. The Hall–Kier alpha value is -4.27. The zero-order chi connectivity index (χ0) is 25.6. The summed E-state index contributed by atoms with van der Waals surface area (Å²) in [7, 11) is 0. The van der Waals surface area contributed by atoms with Crippen LogP contribution in [0, 0.1) is 0 Å². The summed E-state index contributed by atoms with van der Waals surface area (Å²) in [4.78, 5) is 32.0. The van der Waals surface area contributed by atoms with Crippen molar-refractivity contribution in [3.63, 3.8) is 0 Å². The number of carbonyl (C=O) groups is 2. The van der Waals surface area contributed by atoms with Crippen molar-refractivity contribution in [3.05, 3.63) is 120 Å². The lowest BCUT2D eigenvalue weighted by Crippen LogP contribution is -2.54. The van der Waals surface area contributed by atoms with Crippen LogP contribution in [0.5, 0.6) is 11.5 Å². The summed E-state index contributed by atoms with van der Waals surface area (Å²) in [5.41, 5.74) is 2.33. The maximum atomic E-state index is 13.5. The Morgan fingerprint density at radius 2 is 1.54 bits per heavy atom. The first kappa shape index (κ1) is 24.4.